The third-order valence-corrected chi connectivity index (χ3v) is 7.92. The predicted octanol–water partition coefficient (Wildman–Crippen LogP) is 3.78. The van der Waals surface area contributed by atoms with Gasteiger partial charge in [0.05, 0.1) is 29.4 Å². The first kappa shape index (κ1) is 25.4. The standard InChI is InChI=1S/C27H30N8O3S/c1-15-22(23(19-8-9-19)31-14-30-15)24-29-13-21-26(33-24)35(16(2)18-6-7-18)27(36)25(32-21)28-12-17-4-10-20(11-5-17)34-39(3,37)38/h4-5,10-11,13-14,16,18-19,34H,6-9,12H2,1-3H3,(H,28,32). The number of fused-ring (bicyclic) bond motifs is 1. The summed E-state index contributed by atoms with van der Waals surface area (Å²) in [5.74, 6) is 1.55. The highest BCUT2D eigenvalue weighted by molar-refractivity contribution is 7.92. The fourth-order valence-corrected chi connectivity index (χ4v) is 5.49. The van der Waals surface area contributed by atoms with E-state index in [9.17, 15) is 13.2 Å². The van der Waals surface area contributed by atoms with Crippen LogP contribution >= 0.6 is 0 Å². The van der Waals surface area contributed by atoms with Gasteiger partial charge in [0.15, 0.2) is 17.3 Å². The number of nitrogens with zero attached hydrogens (tertiary/aromatic N) is 6. The zero-order valence-corrected chi connectivity index (χ0v) is 22.9. The molecule has 1 unspecified atom stereocenters. The Kier molecular flexibility index (Phi) is 6.29. The number of benzene rings is 1. The van der Waals surface area contributed by atoms with Gasteiger partial charge in [-0.3, -0.25) is 14.1 Å². The maximum atomic E-state index is 13.8. The second-order valence-corrected chi connectivity index (χ2v) is 12.3. The van der Waals surface area contributed by atoms with Crippen molar-refractivity contribution in [2.75, 3.05) is 16.3 Å². The number of sulfonamides is 1. The molecule has 39 heavy (non-hydrogen) atoms. The first-order valence-electron chi connectivity index (χ1n) is 13.1. The van der Waals surface area contributed by atoms with Crippen LogP contribution in [0.25, 0.3) is 22.6 Å². The Hall–Kier alpha value is -3.93. The molecule has 0 saturated heterocycles. The Bertz CT molecular complexity index is 1730. The van der Waals surface area contributed by atoms with Crippen LogP contribution in [-0.4, -0.2) is 44.2 Å². The van der Waals surface area contributed by atoms with Crippen molar-refractivity contribution in [3.05, 3.63) is 64.1 Å². The number of hydrogen-bond donors (Lipinski definition) is 2. The zero-order valence-electron chi connectivity index (χ0n) is 22.0. The van der Waals surface area contributed by atoms with E-state index in [1.54, 1.807) is 41.4 Å². The zero-order chi connectivity index (χ0) is 27.3. The number of aryl methyl sites for hydroxylation is 1. The molecule has 4 aromatic rings. The smallest absolute Gasteiger partial charge is 0.295 e. The van der Waals surface area contributed by atoms with Crippen LogP contribution in [0.4, 0.5) is 11.5 Å². The minimum atomic E-state index is -3.35. The summed E-state index contributed by atoms with van der Waals surface area (Å²) in [6, 6.07) is 6.91. The van der Waals surface area contributed by atoms with E-state index in [0.717, 1.165) is 54.5 Å². The second-order valence-electron chi connectivity index (χ2n) is 10.5. The lowest BCUT2D eigenvalue weighted by Gasteiger charge is -2.19. The summed E-state index contributed by atoms with van der Waals surface area (Å²) in [7, 11) is -3.35. The number of hydrogen-bond acceptors (Lipinski definition) is 9. The van der Waals surface area contributed by atoms with Crippen LogP contribution in [-0.2, 0) is 16.6 Å². The topological polar surface area (TPSA) is 145 Å². The summed E-state index contributed by atoms with van der Waals surface area (Å²) >= 11 is 0. The Morgan fingerprint density at radius 2 is 1.79 bits per heavy atom. The van der Waals surface area contributed by atoms with Crippen molar-refractivity contribution in [1.82, 2.24) is 29.5 Å². The van der Waals surface area contributed by atoms with E-state index in [-0.39, 0.29) is 17.4 Å². The molecule has 0 amide bonds. The first-order chi connectivity index (χ1) is 18.7. The molecule has 1 atom stereocenters. The van der Waals surface area contributed by atoms with Gasteiger partial charge in [-0.15, -0.1) is 0 Å². The van der Waals surface area contributed by atoms with Crippen LogP contribution in [0.2, 0.25) is 0 Å². The van der Waals surface area contributed by atoms with Crippen LogP contribution < -0.4 is 15.6 Å². The van der Waals surface area contributed by atoms with Crippen molar-refractivity contribution in [3.63, 3.8) is 0 Å². The quantitative estimate of drug-likeness (QED) is 0.320. The number of rotatable bonds is 9. The maximum absolute atomic E-state index is 13.8. The van der Waals surface area contributed by atoms with Gasteiger partial charge in [0, 0.05) is 24.2 Å². The van der Waals surface area contributed by atoms with Gasteiger partial charge in [-0.1, -0.05) is 12.1 Å². The van der Waals surface area contributed by atoms with E-state index in [1.165, 1.54) is 0 Å². The van der Waals surface area contributed by atoms with Crippen molar-refractivity contribution in [2.24, 2.45) is 5.92 Å². The normalized spacial score (nSPS) is 16.3. The van der Waals surface area contributed by atoms with E-state index in [4.69, 9.17) is 4.98 Å². The monoisotopic (exact) mass is 546 g/mol. The molecule has 2 saturated carbocycles. The maximum Gasteiger partial charge on any atom is 0.295 e. The fourth-order valence-electron chi connectivity index (χ4n) is 4.93. The molecule has 2 N–H and O–H groups in total. The molecular weight excluding hydrogens is 516 g/mol. The Morgan fingerprint density at radius 1 is 1.05 bits per heavy atom. The molecule has 3 aromatic heterocycles. The van der Waals surface area contributed by atoms with E-state index < -0.39 is 10.0 Å². The van der Waals surface area contributed by atoms with Gasteiger partial charge in [0.2, 0.25) is 10.0 Å². The molecule has 202 valence electrons. The highest BCUT2D eigenvalue weighted by atomic mass is 32.2. The second kappa shape index (κ2) is 9.67. The van der Waals surface area contributed by atoms with Crippen LogP contribution in [0.15, 0.2) is 41.6 Å². The SMILES string of the molecule is Cc1ncnc(C2CC2)c1-c1ncc2nc(NCc3ccc(NS(C)(=O)=O)cc3)c(=O)n(C(C)C3CC3)c2n1. The van der Waals surface area contributed by atoms with Gasteiger partial charge in [-0.05, 0) is 63.1 Å². The summed E-state index contributed by atoms with van der Waals surface area (Å²) in [6.07, 6.45) is 8.70. The lowest BCUT2D eigenvalue weighted by atomic mass is 10.1. The minimum absolute atomic E-state index is 0.0383. The van der Waals surface area contributed by atoms with Crippen LogP contribution in [0, 0.1) is 12.8 Å². The molecule has 6 rings (SSSR count). The van der Waals surface area contributed by atoms with E-state index in [1.807, 2.05) is 6.92 Å². The number of anilines is 2. The third kappa shape index (κ3) is 5.33. The molecule has 0 aliphatic heterocycles. The van der Waals surface area contributed by atoms with Gasteiger partial charge in [0.25, 0.3) is 5.56 Å². The molecular formula is C27H30N8O3S. The van der Waals surface area contributed by atoms with Crippen LogP contribution in [0.1, 0.15) is 61.5 Å². The Balaban J connectivity index is 1.37. The minimum Gasteiger partial charge on any atom is -0.361 e. The summed E-state index contributed by atoms with van der Waals surface area (Å²) in [5, 5.41) is 3.17. The summed E-state index contributed by atoms with van der Waals surface area (Å²) < 4.78 is 27.1. The van der Waals surface area contributed by atoms with Crippen LogP contribution in [0.5, 0.6) is 0 Å². The van der Waals surface area contributed by atoms with Gasteiger partial charge < -0.3 is 5.32 Å². The molecule has 2 fully saturated rings. The molecule has 2 aliphatic carbocycles. The molecule has 0 bridgehead atoms. The molecule has 1 aromatic carbocycles. The molecule has 0 spiro atoms. The molecule has 0 radical (unpaired) electrons. The highest BCUT2D eigenvalue weighted by Gasteiger charge is 2.33. The molecule has 11 nitrogen and oxygen atoms in total. The highest BCUT2D eigenvalue weighted by Crippen LogP contribution is 2.43. The van der Waals surface area contributed by atoms with Gasteiger partial charge >= 0.3 is 0 Å². The van der Waals surface area contributed by atoms with Gasteiger partial charge in [-0.25, -0.2) is 33.3 Å². The lowest BCUT2D eigenvalue weighted by molar-refractivity contribution is 0.482. The largest absolute Gasteiger partial charge is 0.361 e. The summed E-state index contributed by atoms with van der Waals surface area (Å²) in [5.41, 5.74) is 4.79. The van der Waals surface area contributed by atoms with Crippen molar-refractivity contribution < 1.29 is 8.42 Å². The van der Waals surface area contributed by atoms with Crippen molar-refractivity contribution in [2.45, 2.75) is 58.0 Å². The molecule has 2 aliphatic rings. The average Bonchev–Trinajstić information content (AvgIpc) is 3.80. The van der Waals surface area contributed by atoms with E-state index in [2.05, 4.69) is 36.9 Å². The Labute approximate surface area is 226 Å². The first-order valence-corrected chi connectivity index (χ1v) is 15.0. The van der Waals surface area contributed by atoms with Gasteiger partial charge in [-0.2, -0.15) is 0 Å². The Morgan fingerprint density at radius 3 is 2.46 bits per heavy atom. The van der Waals surface area contributed by atoms with Crippen molar-refractivity contribution >= 4 is 32.7 Å². The lowest BCUT2D eigenvalue weighted by Crippen LogP contribution is -2.29. The third-order valence-electron chi connectivity index (χ3n) is 7.31. The molecule has 3 heterocycles. The van der Waals surface area contributed by atoms with E-state index >= 15 is 0 Å². The fraction of sp³-hybridized carbons (Fsp3) is 0.407. The average molecular weight is 547 g/mol. The van der Waals surface area contributed by atoms with Crippen molar-refractivity contribution in [3.8, 4) is 11.4 Å². The predicted molar refractivity (Wildman–Crippen MR) is 149 cm³/mol. The van der Waals surface area contributed by atoms with Crippen LogP contribution in [0.3, 0.4) is 0 Å². The summed E-state index contributed by atoms with van der Waals surface area (Å²) in [6.45, 7) is 4.34. The summed E-state index contributed by atoms with van der Waals surface area (Å²) in [4.78, 5) is 36.8. The van der Waals surface area contributed by atoms with Gasteiger partial charge in [0.1, 0.15) is 11.8 Å². The molecule has 12 heteroatoms. The van der Waals surface area contributed by atoms with E-state index in [0.29, 0.717) is 41.1 Å². The number of aromatic nitrogens is 6. The number of nitrogens with one attached hydrogen (secondary N) is 2. The van der Waals surface area contributed by atoms with Crippen molar-refractivity contribution in [1.29, 1.82) is 0 Å².